The van der Waals surface area contributed by atoms with Gasteiger partial charge in [0.25, 0.3) is 0 Å². The molecule has 0 saturated carbocycles. The van der Waals surface area contributed by atoms with Crippen LogP contribution in [-0.2, 0) is 0 Å². The summed E-state index contributed by atoms with van der Waals surface area (Å²) in [6, 6.07) is 15.8. The zero-order valence-electron chi connectivity index (χ0n) is 18.2. The first kappa shape index (κ1) is 21.2. The Bertz CT molecular complexity index is 1300. The number of hydrogen-bond donors (Lipinski definition) is 3. The van der Waals surface area contributed by atoms with Crippen LogP contribution >= 0.6 is 0 Å². The molecule has 8 nitrogen and oxygen atoms in total. The molecule has 4 aromatic rings. The van der Waals surface area contributed by atoms with Crippen molar-refractivity contribution in [2.45, 2.75) is 25.9 Å². The van der Waals surface area contributed by atoms with Gasteiger partial charge in [0.1, 0.15) is 29.6 Å². The van der Waals surface area contributed by atoms with E-state index in [-0.39, 0.29) is 23.5 Å². The van der Waals surface area contributed by atoms with Crippen molar-refractivity contribution in [2.24, 2.45) is 0 Å². The van der Waals surface area contributed by atoms with E-state index in [9.17, 15) is 5.26 Å². The molecule has 4 N–H and O–H groups in total. The van der Waals surface area contributed by atoms with E-state index in [1.807, 2.05) is 44.3 Å². The quantitative estimate of drug-likeness (QED) is 0.424. The molecular formula is C24H24N8. The van der Waals surface area contributed by atoms with Gasteiger partial charge in [-0.05, 0) is 38.6 Å². The molecule has 0 spiro atoms. The average Bonchev–Trinajstić information content (AvgIpc) is 2.83. The molecule has 0 aliphatic heterocycles. The summed E-state index contributed by atoms with van der Waals surface area (Å²) in [4.78, 5) is 17.8. The molecular weight excluding hydrogens is 400 g/mol. The Hall–Kier alpha value is -4.09. The van der Waals surface area contributed by atoms with Crippen molar-refractivity contribution < 1.29 is 0 Å². The Morgan fingerprint density at radius 3 is 2.50 bits per heavy atom. The molecule has 1 aromatic carbocycles. The highest BCUT2D eigenvalue weighted by Gasteiger charge is 2.25. The summed E-state index contributed by atoms with van der Waals surface area (Å²) in [5.74, 6) is 0.517. The Morgan fingerprint density at radius 2 is 1.78 bits per heavy atom. The fourth-order valence-electron chi connectivity index (χ4n) is 3.82. The largest absolute Gasteiger partial charge is 0.382 e. The van der Waals surface area contributed by atoms with Gasteiger partial charge in [-0.2, -0.15) is 5.26 Å². The van der Waals surface area contributed by atoms with E-state index in [0.29, 0.717) is 5.82 Å². The van der Waals surface area contributed by atoms with Crippen molar-refractivity contribution in [3.63, 3.8) is 0 Å². The standard InChI is InChI=1S/C24H24N8/c1-14(27-3)19-20(16-8-5-4-6-9-16)21(32-18-10-7-11-28-22(18)19)15(2)31-24-17(12-25)23(26)29-13-30-24/h4-11,13-15,27H,1-3H3,(H3,26,29,30,31)/t14?,15-/m0/s1. The Balaban J connectivity index is 1.96. The van der Waals surface area contributed by atoms with Crippen LogP contribution in [0.15, 0.2) is 55.0 Å². The van der Waals surface area contributed by atoms with Crippen LogP contribution in [0.1, 0.15) is 42.8 Å². The summed E-state index contributed by atoms with van der Waals surface area (Å²) in [6.07, 6.45) is 3.13. The van der Waals surface area contributed by atoms with Crippen LogP contribution in [0, 0.1) is 11.3 Å². The smallest absolute Gasteiger partial charge is 0.150 e. The van der Waals surface area contributed by atoms with Crippen molar-refractivity contribution in [3.8, 4) is 17.2 Å². The first-order chi connectivity index (χ1) is 15.5. The minimum atomic E-state index is -0.279. The molecule has 32 heavy (non-hydrogen) atoms. The van der Waals surface area contributed by atoms with Crippen molar-refractivity contribution in [1.82, 2.24) is 25.3 Å². The van der Waals surface area contributed by atoms with E-state index in [0.717, 1.165) is 33.4 Å². The number of rotatable bonds is 6. The van der Waals surface area contributed by atoms with Gasteiger partial charge in [-0.25, -0.2) is 15.0 Å². The topological polar surface area (TPSA) is 125 Å². The second-order valence-corrected chi connectivity index (χ2v) is 7.49. The highest BCUT2D eigenvalue weighted by Crippen LogP contribution is 2.38. The van der Waals surface area contributed by atoms with Gasteiger partial charge in [-0.3, -0.25) is 4.98 Å². The monoisotopic (exact) mass is 424 g/mol. The molecule has 0 fully saturated rings. The van der Waals surface area contributed by atoms with Crippen molar-refractivity contribution in [3.05, 3.63) is 71.8 Å². The minimum absolute atomic E-state index is 0.0286. The molecule has 0 radical (unpaired) electrons. The summed E-state index contributed by atoms with van der Waals surface area (Å²) in [5, 5.41) is 16.2. The third-order valence-corrected chi connectivity index (χ3v) is 5.49. The fraction of sp³-hybridized carbons (Fsp3) is 0.208. The van der Waals surface area contributed by atoms with Crippen LogP contribution in [0.3, 0.4) is 0 Å². The maximum Gasteiger partial charge on any atom is 0.150 e. The third-order valence-electron chi connectivity index (χ3n) is 5.49. The first-order valence-electron chi connectivity index (χ1n) is 10.3. The van der Waals surface area contributed by atoms with Crippen LogP contribution < -0.4 is 16.4 Å². The lowest BCUT2D eigenvalue weighted by atomic mass is 9.90. The number of anilines is 2. The number of hydrogen-bond acceptors (Lipinski definition) is 8. The van der Waals surface area contributed by atoms with Gasteiger partial charge < -0.3 is 16.4 Å². The Labute approximate surface area is 186 Å². The van der Waals surface area contributed by atoms with Gasteiger partial charge in [-0.1, -0.05) is 30.3 Å². The molecule has 3 aromatic heterocycles. The normalized spacial score (nSPS) is 12.8. The summed E-state index contributed by atoms with van der Waals surface area (Å²) in [6.45, 7) is 4.10. The van der Waals surface area contributed by atoms with E-state index in [4.69, 9.17) is 10.7 Å². The molecule has 1 unspecified atom stereocenters. The molecule has 2 atom stereocenters. The number of nitrogens with one attached hydrogen (secondary N) is 2. The number of benzene rings is 1. The number of nitrogen functional groups attached to an aromatic ring is 1. The summed E-state index contributed by atoms with van der Waals surface area (Å²) < 4.78 is 0. The van der Waals surface area contributed by atoms with Gasteiger partial charge in [0.2, 0.25) is 0 Å². The predicted molar refractivity (Wildman–Crippen MR) is 126 cm³/mol. The van der Waals surface area contributed by atoms with Gasteiger partial charge in [0, 0.05) is 23.4 Å². The highest BCUT2D eigenvalue weighted by molar-refractivity contribution is 5.88. The van der Waals surface area contributed by atoms with Gasteiger partial charge >= 0.3 is 0 Å². The molecule has 0 bridgehead atoms. The van der Waals surface area contributed by atoms with Crippen LogP contribution in [-0.4, -0.2) is 27.0 Å². The van der Waals surface area contributed by atoms with E-state index in [1.165, 1.54) is 6.33 Å². The number of fused-ring (bicyclic) bond motifs is 1. The van der Waals surface area contributed by atoms with Crippen molar-refractivity contribution >= 4 is 22.7 Å². The van der Waals surface area contributed by atoms with Gasteiger partial charge in [0.15, 0.2) is 0 Å². The van der Waals surface area contributed by atoms with Crippen LogP contribution in [0.25, 0.3) is 22.2 Å². The maximum absolute atomic E-state index is 9.52. The van der Waals surface area contributed by atoms with Crippen LogP contribution in [0.4, 0.5) is 11.6 Å². The van der Waals surface area contributed by atoms with Gasteiger partial charge in [-0.15, -0.1) is 0 Å². The Kier molecular flexibility index (Phi) is 5.92. The lowest BCUT2D eigenvalue weighted by Gasteiger charge is -2.24. The average molecular weight is 425 g/mol. The fourth-order valence-corrected chi connectivity index (χ4v) is 3.82. The number of nitrogens with two attached hydrogens (primary N) is 1. The molecule has 3 heterocycles. The summed E-state index contributed by atoms with van der Waals surface area (Å²) >= 11 is 0. The molecule has 0 saturated heterocycles. The molecule has 4 rings (SSSR count). The van der Waals surface area contributed by atoms with Crippen LogP contribution in [0.2, 0.25) is 0 Å². The molecule has 0 aliphatic rings. The maximum atomic E-state index is 9.52. The Morgan fingerprint density at radius 1 is 1.00 bits per heavy atom. The summed E-state index contributed by atoms with van der Waals surface area (Å²) in [7, 11) is 1.93. The van der Waals surface area contributed by atoms with Crippen molar-refractivity contribution in [1.29, 1.82) is 5.26 Å². The zero-order chi connectivity index (χ0) is 22.7. The molecule has 0 aliphatic carbocycles. The molecule has 0 amide bonds. The second kappa shape index (κ2) is 8.96. The lowest BCUT2D eigenvalue weighted by molar-refractivity contribution is 0.654. The third kappa shape index (κ3) is 3.82. The SMILES string of the molecule is CNC(C)c1c(-c2ccccc2)c([C@H](C)Nc2ncnc(N)c2C#N)nc2cccnc12. The van der Waals surface area contributed by atoms with Gasteiger partial charge in [0.05, 0.1) is 22.8 Å². The van der Waals surface area contributed by atoms with Crippen LogP contribution in [0.5, 0.6) is 0 Å². The summed E-state index contributed by atoms with van der Waals surface area (Å²) in [5.41, 5.74) is 11.7. The predicted octanol–water partition coefficient (Wildman–Crippen LogP) is 3.99. The van der Waals surface area contributed by atoms with E-state index in [2.05, 4.69) is 50.7 Å². The molecule has 8 heteroatoms. The van der Waals surface area contributed by atoms with E-state index < -0.39 is 0 Å². The lowest BCUT2D eigenvalue weighted by Crippen LogP contribution is -2.19. The molecule has 160 valence electrons. The van der Waals surface area contributed by atoms with Crippen molar-refractivity contribution in [2.75, 3.05) is 18.1 Å². The number of pyridine rings is 2. The van der Waals surface area contributed by atoms with E-state index >= 15 is 0 Å². The second-order valence-electron chi connectivity index (χ2n) is 7.49. The minimum Gasteiger partial charge on any atom is -0.382 e. The zero-order valence-corrected chi connectivity index (χ0v) is 18.2. The number of nitriles is 1. The first-order valence-corrected chi connectivity index (χ1v) is 10.3. The highest BCUT2D eigenvalue weighted by atomic mass is 15.1. The van der Waals surface area contributed by atoms with E-state index in [1.54, 1.807) is 6.20 Å². The number of nitrogens with zero attached hydrogens (tertiary/aromatic N) is 5. The number of aromatic nitrogens is 4.